The van der Waals surface area contributed by atoms with Crippen molar-refractivity contribution in [3.05, 3.63) is 71.1 Å². The van der Waals surface area contributed by atoms with Crippen LogP contribution in [0.3, 0.4) is 0 Å². The van der Waals surface area contributed by atoms with Crippen LogP contribution >= 0.6 is 0 Å². The van der Waals surface area contributed by atoms with E-state index >= 15 is 0 Å². The van der Waals surface area contributed by atoms with Crippen molar-refractivity contribution in [2.45, 2.75) is 6.92 Å². The van der Waals surface area contributed by atoms with Gasteiger partial charge in [0.05, 0.1) is 19.8 Å². The minimum Gasteiger partial charge on any atom is -0.494 e. The van der Waals surface area contributed by atoms with Crippen LogP contribution in [0.15, 0.2) is 59.9 Å². The second-order valence-electron chi connectivity index (χ2n) is 6.61. The normalized spacial score (nSPS) is 16.8. The molecule has 144 valence electrons. The Hall–Kier alpha value is -3.12. The van der Waals surface area contributed by atoms with Gasteiger partial charge in [-0.15, -0.1) is 0 Å². The second kappa shape index (κ2) is 7.86. The molecular weight excluding hydrogens is 356 g/mol. The molecule has 0 aromatic heterocycles. The average molecular weight is 378 g/mol. The summed E-state index contributed by atoms with van der Waals surface area (Å²) in [5.41, 5.74) is 2.34. The number of rotatable bonds is 5. The standard InChI is InChI=1S/C22H22N2O4/c1-2-28-16-9-7-15(8-10-16)23-19-20(24-11-13-27-14-12-24)22(26)18-6-4-3-5-17(18)21(19)25/h3-10,23H,2,11-14H2,1H3. The molecule has 0 unspecified atom stereocenters. The lowest BCUT2D eigenvalue weighted by atomic mass is 9.89. The van der Waals surface area contributed by atoms with Crippen LogP contribution in [0.25, 0.3) is 0 Å². The van der Waals surface area contributed by atoms with Gasteiger partial charge in [0.15, 0.2) is 0 Å². The Balaban J connectivity index is 1.74. The van der Waals surface area contributed by atoms with E-state index in [0.29, 0.717) is 55.4 Å². The van der Waals surface area contributed by atoms with E-state index in [1.807, 2.05) is 36.1 Å². The molecule has 6 nitrogen and oxygen atoms in total. The Kier molecular flexibility index (Phi) is 5.12. The molecule has 0 saturated carbocycles. The predicted molar refractivity (Wildman–Crippen MR) is 106 cm³/mol. The lowest BCUT2D eigenvalue weighted by Gasteiger charge is -2.34. The molecule has 1 fully saturated rings. The number of ether oxygens (including phenoxy) is 2. The number of nitrogens with zero attached hydrogens (tertiary/aromatic N) is 1. The first kappa shape index (κ1) is 18.3. The first-order valence-electron chi connectivity index (χ1n) is 9.44. The third-order valence-electron chi connectivity index (χ3n) is 4.86. The van der Waals surface area contributed by atoms with Crippen molar-refractivity contribution in [3.8, 4) is 5.75 Å². The molecule has 0 amide bonds. The van der Waals surface area contributed by atoms with Gasteiger partial charge in [0.1, 0.15) is 17.1 Å². The highest BCUT2D eigenvalue weighted by atomic mass is 16.5. The fraction of sp³-hybridized carbons (Fsp3) is 0.273. The Morgan fingerprint density at radius 1 is 0.964 bits per heavy atom. The summed E-state index contributed by atoms with van der Waals surface area (Å²) < 4.78 is 10.9. The molecule has 1 saturated heterocycles. The summed E-state index contributed by atoms with van der Waals surface area (Å²) in [4.78, 5) is 28.4. The van der Waals surface area contributed by atoms with Crippen molar-refractivity contribution >= 4 is 17.3 Å². The summed E-state index contributed by atoms with van der Waals surface area (Å²) in [5.74, 6) is 0.447. The van der Waals surface area contributed by atoms with Gasteiger partial charge in [0, 0.05) is 29.9 Å². The van der Waals surface area contributed by atoms with Crippen LogP contribution in [0, 0.1) is 0 Å². The highest BCUT2D eigenvalue weighted by molar-refractivity contribution is 6.27. The molecular formula is C22H22N2O4. The molecule has 0 atom stereocenters. The van der Waals surface area contributed by atoms with Gasteiger partial charge in [-0.25, -0.2) is 0 Å². The number of allylic oxidation sites excluding steroid dienone is 2. The first-order valence-corrected chi connectivity index (χ1v) is 9.44. The maximum atomic E-state index is 13.2. The van der Waals surface area contributed by atoms with Crippen molar-refractivity contribution in [1.82, 2.24) is 4.90 Å². The minimum absolute atomic E-state index is 0.134. The third kappa shape index (κ3) is 3.39. The summed E-state index contributed by atoms with van der Waals surface area (Å²) in [6.45, 7) is 4.72. The number of anilines is 1. The molecule has 4 rings (SSSR count). The van der Waals surface area contributed by atoms with Crippen LogP contribution in [0.2, 0.25) is 0 Å². The van der Waals surface area contributed by atoms with Gasteiger partial charge < -0.3 is 19.7 Å². The predicted octanol–water partition coefficient (Wildman–Crippen LogP) is 3.12. The molecule has 0 radical (unpaired) electrons. The van der Waals surface area contributed by atoms with Gasteiger partial charge in [-0.05, 0) is 31.2 Å². The van der Waals surface area contributed by atoms with Crippen LogP contribution in [0.5, 0.6) is 5.75 Å². The molecule has 2 aliphatic rings. The molecule has 1 aliphatic carbocycles. The quantitative estimate of drug-likeness (QED) is 0.862. The van der Waals surface area contributed by atoms with E-state index in [1.165, 1.54) is 0 Å². The number of carbonyl (C=O) groups is 2. The van der Waals surface area contributed by atoms with Crippen LogP contribution in [0.1, 0.15) is 27.6 Å². The van der Waals surface area contributed by atoms with Crippen molar-refractivity contribution in [1.29, 1.82) is 0 Å². The van der Waals surface area contributed by atoms with Crippen molar-refractivity contribution < 1.29 is 19.1 Å². The van der Waals surface area contributed by atoms with E-state index in [0.717, 1.165) is 11.4 Å². The van der Waals surface area contributed by atoms with Gasteiger partial charge in [-0.1, -0.05) is 24.3 Å². The molecule has 2 aromatic carbocycles. The number of carbonyl (C=O) groups excluding carboxylic acids is 2. The first-order chi connectivity index (χ1) is 13.7. The van der Waals surface area contributed by atoms with Gasteiger partial charge >= 0.3 is 0 Å². The Morgan fingerprint density at radius 2 is 1.61 bits per heavy atom. The Bertz CT molecular complexity index is 928. The molecule has 6 heteroatoms. The van der Waals surface area contributed by atoms with E-state index in [2.05, 4.69) is 5.32 Å². The second-order valence-corrected chi connectivity index (χ2v) is 6.61. The summed E-state index contributed by atoms with van der Waals surface area (Å²) in [6, 6.07) is 14.3. The third-order valence-corrected chi connectivity index (χ3v) is 4.86. The monoisotopic (exact) mass is 378 g/mol. The number of hydrogen-bond acceptors (Lipinski definition) is 6. The minimum atomic E-state index is -0.175. The Labute approximate surface area is 163 Å². The van der Waals surface area contributed by atoms with E-state index < -0.39 is 0 Å². The number of benzene rings is 2. The highest BCUT2D eigenvalue weighted by Gasteiger charge is 2.35. The van der Waals surface area contributed by atoms with Crippen molar-refractivity contribution in [2.24, 2.45) is 0 Å². The number of fused-ring (bicyclic) bond motifs is 1. The van der Waals surface area contributed by atoms with Gasteiger partial charge in [0.2, 0.25) is 11.6 Å². The molecule has 28 heavy (non-hydrogen) atoms. The molecule has 1 heterocycles. The number of ketones is 2. The van der Waals surface area contributed by atoms with Gasteiger partial charge in [-0.3, -0.25) is 9.59 Å². The number of morpholine rings is 1. The van der Waals surface area contributed by atoms with Crippen LogP contribution in [0.4, 0.5) is 5.69 Å². The lowest BCUT2D eigenvalue weighted by Crippen LogP contribution is -2.42. The average Bonchev–Trinajstić information content (AvgIpc) is 2.74. The van der Waals surface area contributed by atoms with E-state index in [9.17, 15) is 9.59 Å². The zero-order chi connectivity index (χ0) is 19.5. The fourth-order valence-electron chi connectivity index (χ4n) is 3.51. The largest absolute Gasteiger partial charge is 0.494 e. The van der Waals surface area contributed by atoms with E-state index in [4.69, 9.17) is 9.47 Å². The molecule has 0 bridgehead atoms. The van der Waals surface area contributed by atoms with Crippen molar-refractivity contribution in [3.63, 3.8) is 0 Å². The molecule has 1 N–H and O–H groups in total. The zero-order valence-electron chi connectivity index (χ0n) is 15.7. The van der Waals surface area contributed by atoms with Gasteiger partial charge in [-0.2, -0.15) is 0 Å². The smallest absolute Gasteiger partial charge is 0.212 e. The van der Waals surface area contributed by atoms with Crippen molar-refractivity contribution in [2.75, 3.05) is 38.2 Å². The molecule has 0 spiro atoms. The number of Topliss-reactive ketones (excluding diaryl/α,β-unsaturated/α-hetero) is 2. The lowest BCUT2D eigenvalue weighted by molar-refractivity contribution is 0.0496. The summed E-state index contributed by atoms with van der Waals surface area (Å²) in [5, 5.41) is 3.19. The summed E-state index contributed by atoms with van der Waals surface area (Å²) >= 11 is 0. The maximum absolute atomic E-state index is 13.2. The van der Waals surface area contributed by atoms with Crippen LogP contribution in [-0.4, -0.2) is 49.4 Å². The zero-order valence-corrected chi connectivity index (χ0v) is 15.7. The maximum Gasteiger partial charge on any atom is 0.212 e. The van der Waals surface area contributed by atoms with Gasteiger partial charge in [0.25, 0.3) is 0 Å². The number of hydrogen-bond donors (Lipinski definition) is 1. The van der Waals surface area contributed by atoms with Crippen LogP contribution in [-0.2, 0) is 4.74 Å². The Morgan fingerprint density at radius 3 is 2.25 bits per heavy atom. The highest BCUT2D eigenvalue weighted by Crippen LogP contribution is 2.30. The van der Waals surface area contributed by atoms with Crippen LogP contribution < -0.4 is 10.1 Å². The molecule has 1 aliphatic heterocycles. The molecule has 2 aromatic rings. The topological polar surface area (TPSA) is 67.9 Å². The summed E-state index contributed by atoms with van der Waals surface area (Å²) in [7, 11) is 0. The SMILES string of the molecule is CCOc1ccc(NC2=C(N3CCOCC3)C(=O)c3ccccc3C2=O)cc1. The fourth-order valence-corrected chi connectivity index (χ4v) is 3.51. The number of nitrogens with one attached hydrogen (secondary N) is 1. The van der Waals surface area contributed by atoms with E-state index in [1.54, 1.807) is 24.3 Å². The van der Waals surface area contributed by atoms with E-state index in [-0.39, 0.29) is 11.6 Å². The summed E-state index contributed by atoms with van der Waals surface area (Å²) in [6.07, 6.45) is 0.